The normalized spacial score (nSPS) is 20.0. The van der Waals surface area contributed by atoms with Gasteiger partial charge in [0.15, 0.2) is 0 Å². The molecule has 0 aromatic carbocycles. The molecule has 0 amide bonds. The quantitative estimate of drug-likeness (QED) is 0.0658. The van der Waals surface area contributed by atoms with Crippen molar-refractivity contribution in [3.05, 3.63) is 0 Å². The Morgan fingerprint density at radius 2 is 0.648 bits per heavy atom. The third-order valence-electron chi connectivity index (χ3n) is 11.1. The summed E-state index contributed by atoms with van der Waals surface area (Å²) in [5, 5.41) is 3.67. The second-order valence-corrected chi connectivity index (χ2v) is 18.8. The third kappa shape index (κ3) is 17.3. The first-order chi connectivity index (χ1) is 25.3. The molecule has 0 aromatic rings. The molecule has 2 aliphatic heterocycles. The lowest BCUT2D eigenvalue weighted by Crippen LogP contribution is -2.62. The number of carbonyl (C=O) groups is 4. The molecular formula is C44H80N2O8. The summed E-state index contributed by atoms with van der Waals surface area (Å²) in [5.74, 6) is -0.708. The molecule has 0 unspecified atom stereocenters. The first kappa shape index (κ1) is 48.0. The van der Waals surface area contributed by atoms with Crippen LogP contribution in [-0.4, -0.2) is 68.4 Å². The van der Waals surface area contributed by atoms with Crippen molar-refractivity contribution in [3.8, 4) is 0 Å². The Morgan fingerprint density at radius 3 is 0.926 bits per heavy atom. The number of unbranched alkanes of at least 4 members (excludes halogenated alkanes) is 13. The highest BCUT2D eigenvalue weighted by molar-refractivity contribution is 5.70. The number of esters is 2. The maximum atomic E-state index is 12.8. The highest BCUT2D eigenvalue weighted by Crippen LogP contribution is 2.41. The molecule has 0 N–H and O–H groups in total. The van der Waals surface area contributed by atoms with Gasteiger partial charge in [0, 0.05) is 51.4 Å². The van der Waals surface area contributed by atoms with E-state index in [1.807, 2.05) is 65.5 Å². The van der Waals surface area contributed by atoms with Crippen LogP contribution in [0.1, 0.15) is 223 Å². The summed E-state index contributed by atoms with van der Waals surface area (Å²) in [6.45, 7) is 20.7. The van der Waals surface area contributed by atoms with E-state index >= 15 is 0 Å². The number of hydroxylamine groups is 4. The Labute approximate surface area is 329 Å². The molecule has 10 nitrogen and oxygen atoms in total. The van der Waals surface area contributed by atoms with Crippen LogP contribution in [0.2, 0.25) is 0 Å². The molecule has 10 heteroatoms. The predicted octanol–water partition coefficient (Wildman–Crippen LogP) is 10.9. The molecule has 2 aliphatic rings. The van der Waals surface area contributed by atoms with Crippen molar-refractivity contribution >= 4 is 23.9 Å². The number of hydrogen-bond donors (Lipinski definition) is 0. The third-order valence-corrected chi connectivity index (χ3v) is 11.1. The van der Waals surface area contributed by atoms with Gasteiger partial charge in [0.05, 0.1) is 22.2 Å². The fraction of sp³-hybridized carbons (Fsp3) is 0.909. The van der Waals surface area contributed by atoms with Crippen LogP contribution in [0.5, 0.6) is 0 Å². The molecule has 54 heavy (non-hydrogen) atoms. The number of piperidine rings is 2. The van der Waals surface area contributed by atoms with E-state index in [-0.39, 0.29) is 36.1 Å². The lowest BCUT2D eigenvalue weighted by molar-refractivity contribution is -0.277. The van der Waals surface area contributed by atoms with Gasteiger partial charge in [0.1, 0.15) is 12.2 Å². The largest absolute Gasteiger partial charge is 0.462 e. The summed E-state index contributed by atoms with van der Waals surface area (Å²) < 4.78 is 11.9. The fourth-order valence-corrected chi connectivity index (χ4v) is 8.78. The van der Waals surface area contributed by atoms with Crippen LogP contribution in [0.15, 0.2) is 0 Å². The SMILES string of the molecule is CCCCCCCC(=O)ON1C(C)(C)CC(OC(=O)CCCCCCCCC(=O)OC2CC(C)(C)N(OC(=O)CCCCCCC)C(C)(C)C2)CC1(C)C. The van der Waals surface area contributed by atoms with Crippen molar-refractivity contribution in [1.29, 1.82) is 0 Å². The standard InChI is InChI=1S/C44H80N2O8/c1-11-13-15-19-25-29-39(49)53-45-41(3,4)31-35(32-42(45,5)6)51-37(47)27-23-21-17-18-22-24-28-38(48)52-36-33-43(7,8)46(44(9,10)34-36)54-40(50)30-26-20-16-14-12-2/h35-36H,11-34H2,1-10H3. The van der Waals surface area contributed by atoms with E-state index in [4.69, 9.17) is 19.1 Å². The minimum Gasteiger partial charge on any atom is -0.462 e. The van der Waals surface area contributed by atoms with E-state index < -0.39 is 22.2 Å². The van der Waals surface area contributed by atoms with Crippen LogP contribution in [-0.2, 0) is 38.3 Å². The first-order valence-electron chi connectivity index (χ1n) is 21.7. The average molecular weight is 765 g/mol. The number of ether oxygens (including phenoxy) is 2. The number of rotatable bonds is 25. The van der Waals surface area contributed by atoms with Gasteiger partial charge in [-0.3, -0.25) is 19.2 Å². The maximum Gasteiger partial charge on any atom is 0.325 e. The Bertz CT molecular complexity index is 1030. The van der Waals surface area contributed by atoms with Gasteiger partial charge < -0.3 is 19.1 Å². The molecule has 0 saturated carbocycles. The minimum absolute atomic E-state index is 0.167. The molecule has 0 bridgehead atoms. The zero-order chi connectivity index (χ0) is 40.4. The summed E-state index contributed by atoms with van der Waals surface area (Å²) in [6.07, 6.45) is 19.9. The van der Waals surface area contributed by atoms with Gasteiger partial charge in [-0.1, -0.05) is 90.9 Å². The van der Waals surface area contributed by atoms with Crippen molar-refractivity contribution in [2.24, 2.45) is 0 Å². The van der Waals surface area contributed by atoms with E-state index in [1.54, 1.807) is 0 Å². The van der Waals surface area contributed by atoms with E-state index in [1.165, 1.54) is 25.7 Å². The zero-order valence-corrected chi connectivity index (χ0v) is 36.3. The highest BCUT2D eigenvalue weighted by Gasteiger charge is 2.50. The molecule has 0 spiro atoms. The van der Waals surface area contributed by atoms with E-state index in [9.17, 15) is 19.2 Å². The summed E-state index contributed by atoms with van der Waals surface area (Å²) >= 11 is 0. The molecule has 2 heterocycles. The second kappa shape index (κ2) is 23.1. The Balaban J connectivity index is 1.62. The van der Waals surface area contributed by atoms with Crippen LogP contribution in [0.25, 0.3) is 0 Å². The van der Waals surface area contributed by atoms with Gasteiger partial charge in [-0.25, -0.2) is 0 Å². The van der Waals surface area contributed by atoms with E-state index in [0.717, 1.165) is 77.0 Å². The molecule has 2 rings (SSSR count). The van der Waals surface area contributed by atoms with Gasteiger partial charge in [0.25, 0.3) is 0 Å². The Kier molecular flexibility index (Phi) is 20.5. The Hall–Kier alpha value is -2.20. The topological polar surface area (TPSA) is 112 Å². The second-order valence-electron chi connectivity index (χ2n) is 18.8. The molecule has 0 aliphatic carbocycles. The van der Waals surface area contributed by atoms with E-state index in [2.05, 4.69) is 13.8 Å². The van der Waals surface area contributed by atoms with Gasteiger partial charge in [0.2, 0.25) is 0 Å². The zero-order valence-electron chi connectivity index (χ0n) is 36.3. The summed E-state index contributed by atoms with van der Waals surface area (Å²) in [5.41, 5.74) is -1.81. The summed E-state index contributed by atoms with van der Waals surface area (Å²) in [7, 11) is 0. The summed E-state index contributed by atoms with van der Waals surface area (Å²) in [4.78, 5) is 62.6. The minimum atomic E-state index is -0.453. The molecule has 0 atom stereocenters. The highest BCUT2D eigenvalue weighted by atomic mass is 16.7. The molecule has 314 valence electrons. The van der Waals surface area contributed by atoms with Crippen LogP contribution in [0, 0.1) is 0 Å². The lowest BCUT2D eigenvalue weighted by Gasteiger charge is -2.52. The smallest absolute Gasteiger partial charge is 0.325 e. The molecule has 0 radical (unpaired) electrons. The lowest BCUT2D eigenvalue weighted by atomic mass is 9.80. The molecular weight excluding hydrogens is 684 g/mol. The van der Waals surface area contributed by atoms with Gasteiger partial charge in [-0.15, -0.1) is 10.1 Å². The number of nitrogens with zero attached hydrogens (tertiary/aromatic N) is 2. The maximum absolute atomic E-state index is 12.8. The van der Waals surface area contributed by atoms with Crippen LogP contribution >= 0.6 is 0 Å². The van der Waals surface area contributed by atoms with Gasteiger partial charge in [-0.05, 0) is 81.1 Å². The van der Waals surface area contributed by atoms with Crippen molar-refractivity contribution in [3.63, 3.8) is 0 Å². The fourth-order valence-electron chi connectivity index (χ4n) is 8.78. The van der Waals surface area contributed by atoms with Crippen LogP contribution < -0.4 is 0 Å². The number of carbonyl (C=O) groups excluding carboxylic acids is 4. The van der Waals surface area contributed by atoms with Crippen LogP contribution in [0.4, 0.5) is 0 Å². The molecule has 2 saturated heterocycles. The van der Waals surface area contributed by atoms with Crippen molar-refractivity contribution in [2.45, 2.75) is 258 Å². The monoisotopic (exact) mass is 765 g/mol. The van der Waals surface area contributed by atoms with Crippen molar-refractivity contribution < 1.29 is 38.3 Å². The van der Waals surface area contributed by atoms with Gasteiger partial charge >= 0.3 is 23.9 Å². The molecule has 2 fully saturated rings. The number of hydrogen-bond acceptors (Lipinski definition) is 10. The van der Waals surface area contributed by atoms with Crippen molar-refractivity contribution in [1.82, 2.24) is 10.1 Å². The molecule has 0 aromatic heterocycles. The van der Waals surface area contributed by atoms with E-state index in [0.29, 0.717) is 51.4 Å². The Morgan fingerprint density at radius 1 is 0.407 bits per heavy atom. The van der Waals surface area contributed by atoms with Crippen molar-refractivity contribution in [2.75, 3.05) is 0 Å². The average Bonchev–Trinajstić information content (AvgIpc) is 3.04. The summed E-state index contributed by atoms with van der Waals surface area (Å²) in [6, 6.07) is 0. The predicted molar refractivity (Wildman–Crippen MR) is 214 cm³/mol. The first-order valence-corrected chi connectivity index (χ1v) is 21.7. The van der Waals surface area contributed by atoms with Crippen LogP contribution in [0.3, 0.4) is 0 Å². The van der Waals surface area contributed by atoms with Gasteiger partial charge in [-0.2, -0.15) is 0 Å².